The molecule has 1 aliphatic rings. The van der Waals surface area contributed by atoms with E-state index in [2.05, 4.69) is 4.99 Å². The van der Waals surface area contributed by atoms with Crippen molar-refractivity contribution in [3.05, 3.63) is 44.7 Å². The van der Waals surface area contributed by atoms with E-state index in [1.54, 1.807) is 13.8 Å². The lowest BCUT2D eigenvalue weighted by Crippen LogP contribution is -1.94. The largest absolute Gasteiger partial charge is 0.454 e. The molecule has 2 aromatic rings. The van der Waals surface area contributed by atoms with Gasteiger partial charge in [-0.3, -0.25) is 10.1 Å². The molecule has 116 valence electrons. The zero-order chi connectivity index (χ0) is 16.6. The molecule has 1 aliphatic heterocycles. The number of ether oxygens (including phenoxy) is 2. The van der Waals surface area contributed by atoms with Gasteiger partial charge in [-0.1, -0.05) is 0 Å². The smallest absolute Gasteiger partial charge is 0.282 e. The van der Waals surface area contributed by atoms with Crippen LogP contribution in [0.5, 0.6) is 11.5 Å². The lowest BCUT2D eigenvalue weighted by molar-refractivity contribution is -0.385. The first-order valence-corrected chi connectivity index (χ1v) is 6.63. The molecular formula is C15H11N3O5. The van der Waals surface area contributed by atoms with Crippen molar-refractivity contribution in [2.45, 2.75) is 13.8 Å². The van der Waals surface area contributed by atoms with E-state index in [9.17, 15) is 10.1 Å². The maximum atomic E-state index is 11.2. The number of nitro benzene ring substituents is 1. The molecule has 3 rings (SSSR count). The predicted octanol–water partition coefficient (Wildman–Crippen LogP) is 3.16. The van der Waals surface area contributed by atoms with Crippen molar-refractivity contribution in [2.24, 2.45) is 4.99 Å². The first-order valence-electron chi connectivity index (χ1n) is 6.63. The molecule has 1 aromatic carbocycles. The number of rotatable bonds is 3. The van der Waals surface area contributed by atoms with Gasteiger partial charge in [0.25, 0.3) is 5.69 Å². The van der Waals surface area contributed by atoms with Gasteiger partial charge >= 0.3 is 0 Å². The third-order valence-corrected chi connectivity index (χ3v) is 3.52. The summed E-state index contributed by atoms with van der Waals surface area (Å²) in [5.74, 6) is 1.42. The third kappa shape index (κ3) is 2.48. The summed E-state index contributed by atoms with van der Waals surface area (Å²) in [6, 6.07) is 4.77. The number of benzene rings is 1. The summed E-state index contributed by atoms with van der Waals surface area (Å²) in [6.45, 7) is 3.49. The molecule has 1 aromatic heterocycles. The second-order valence-electron chi connectivity index (χ2n) is 4.85. The average Bonchev–Trinajstić information content (AvgIpc) is 3.08. The Morgan fingerprint density at radius 1 is 1.35 bits per heavy atom. The standard InChI is InChI=1S/C15H11N3O5/c1-8-9(2)23-15(11(8)5-16)17-6-10-3-13-14(22-7-21-13)4-12(10)18(19)20/h3-4,6H,7H2,1-2H3. The third-order valence-electron chi connectivity index (χ3n) is 3.52. The lowest BCUT2D eigenvalue weighted by Gasteiger charge is -2.00. The molecule has 8 nitrogen and oxygen atoms in total. The van der Waals surface area contributed by atoms with E-state index >= 15 is 0 Å². The van der Waals surface area contributed by atoms with Crippen LogP contribution >= 0.6 is 0 Å². The Morgan fingerprint density at radius 2 is 2.04 bits per heavy atom. The van der Waals surface area contributed by atoms with Gasteiger partial charge in [0.05, 0.1) is 16.6 Å². The molecule has 0 fully saturated rings. The molecule has 0 radical (unpaired) electrons. The first-order chi connectivity index (χ1) is 11.0. The van der Waals surface area contributed by atoms with Crippen LogP contribution in [0.2, 0.25) is 0 Å². The Balaban J connectivity index is 2.05. The monoisotopic (exact) mass is 313 g/mol. The molecule has 23 heavy (non-hydrogen) atoms. The fraction of sp³-hybridized carbons (Fsp3) is 0.200. The Bertz CT molecular complexity index is 876. The highest BCUT2D eigenvalue weighted by atomic mass is 16.7. The van der Waals surface area contributed by atoms with Crippen LogP contribution in [0.4, 0.5) is 11.6 Å². The topological polar surface area (TPSA) is 111 Å². The number of aliphatic imine (C=N–C) groups is 1. The molecule has 0 bridgehead atoms. The molecule has 8 heteroatoms. The summed E-state index contributed by atoms with van der Waals surface area (Å²) >= 11 is 0. The normalized spacial score (nSPS) is 12.6. The summed E-state index contributed by atoms with van der Waals surface area (Å²) in [5.41, 5.74) is 1.06. The second-order valence-corrected chi connectivity index (χ2v) is 4.85. The number of fused-ring (bicyclic) bond motifs is 1. The van der Waals surface area contributed by atoms with Crippen LogP contribution in [0.25, 0.3) is 0 Å². The fourth-order valence-corrected chi connectivity index (χ4v) is 2.17. The molecule has 0 saturated carbocycles. The minimum atomic E-state index is -0.535. The Morgan fingerprint density at radius 3 is 2.70 bits per heavy atom. The Kier molecular flexibility index (Phi) is 3.46. The van der Waals surface area contributed by atoms with Crippen molar-refractivity contribution in [2.75, 3.05) is 6.79 Å². The van der Waals surface area contributed by atoms with Crippen molar-refractivity contribution in [3.63, 3.8) is 0 Å². The maximum Gasteiger partial charge on any atom is 0.282 e. The number of aryl methyl sites for hydroxylation is 1. The van der Waals surface area contributed by atoms with E-state index in [0.29, 0.717) is 28.4 Å². The van der Waals surface area contributed by atoms with Crippen molar-refractivity contribution >= 4 is 17.8 Å². The van der Waals surface area contributed by atoms with Crippen LogP contribution in [-0.4, -0.2) is 17.9 Å². The van der Waals surface area contributed by atoms with Crippen LogP contribution in [0.15, 0.2) is 21.5 Å². The van der Waals surface area contributed by atoms with Crippen molar-refractivity contribution < 1.29 is 18.8 Å². The molecule has 0 amide bonds. The van der Waals surface area contributed by atoms with E-state index < -0.39 is 4.92 Å². The van der Waals surface area contributed by atoms with E-state index in [4.69, 9.17) is 19.2 Å². The minimum absolute atomic E-state index is 0.0161. The first kappa shape index (κ1) is 14.6. The summed E-state index contributed by atoms with van der Waals surface area (Å²) in [5, 5.41) is 20.3. The predicted molar refractivity (Wildman–Crippen MR) is 79.4 cm³/mol. The van der Waals surface area contributed by atoms with Crippen molar-refractivity contribution in [1.82, 2.24) is 0 Å². The highest BCUT2D eigenvalue weighted by Crippen LogP contribution is 2.37. The number of hydrogen-bond acceptors (Lipinski definition) is 7. The zero-order valence-corrected chi connectivity index (χ0v) is 12.3. The quantitative estimate of drug-likeness (QED) is 0.489. The molecular weight excluding hydrogens is 302 g/mol. The van der Waals surface area contributed by atoms with Gasteiger partial charge in [0.2, 0.25) is 12.7 Å². The maximum absolute atomic E-state index is 11.2. The van der Waals surface area contributed by atoms with Gasteiger partial charge in [-0.15, -0.1) is 0 Å². The van der Waals surface area contributed by atoms with E-state index in [1.165, 1.54) is 18.3 Å². The van der Waals surface area contributed by atoms with E-state index in [0.717, 1.165) is 0 Å². The second kappa shape index (κ2) is 5.46. The highest BCUT2D eigenvalue weighted by molar-refractivity contribution is 5.88. The number of hydrogen-bond donors (Lipinski definition) is 0. The lowest BCUT2D eigenvalue weighted by atomic mass is 10.1. The van der Waals surface area contributed by atoms with Crippen LogP contribution in [0.1, 0.15) is 22.5 Å². The zero-order valence-electron chi connectivity index (χ0n) is 12.3. The summed E-state index contributed by atoms with van der Waals surface area (Å²) in [4.78, 5) is 14.7. The SMILES string of the molecule is Cc1oc(N=Cc2cc3c(cc2[N+](=O)[O-])OCO3)c(C#N)c1C. The van der Waals surface area contributed by atoms with E-state index in [1.807, 2.05) is 6.07 Å². The highest BCUT2D eigenvalue weighted by Gasteiger charge is 2.23. The number of nitriles is 1. The Hall–Kier alpha value is -3.34. The van der Waals surface area contributed by atoms with Gasteiger partial charge in [0.15, 0.2) is 11.5 Å². The van der Waals surface area contributed by atoms with Crippen molar-refractivity contribution in [1.29, 1.82) is 5.26 Å². The molecule has 0 unspecified atom stereocenters. The Labute approximate surface area is 130 Å². The van der Waals surface area contributed by atoms with Gasteiger partial charge in [0, 0.05) is 11.8 Å². The van der Waals surface area contributed by atoms with Crippen LogP contribution in [-0.2, 0) is 0 Å². The summed E-state index contributed by atoms with van der Waals surface area (Å²) in [6.07, 6.45) is 1.28. The molecule has 0 atom stereocenters. The van der Waals surface area contributed by atoms with Crippen molar-refractivity contribution in [3.8, 4) is 17.6 Å². The summed E-state index contributed by atoms with van der Waals surface area (Å²) < 4.78 is 15.7. The van der Waals surface area contributed by atoms with E-state index in [-0.39, 0.29) is 23.9 Å². The van der Waals surface area contributed by atoms with Crippen LogP contribution < -0.4 is 9.47 Å². The van der Waals surface area contributed by atoms with Gasteiger partial charge < -0.3 is 13.9 Å². The van der Waals surface area contributed by atoms with Crippen LogP contribution in [0, 0.1) is 35.3 Å². The van der Waals surface area contributed by atoms with Crippen LogP contribution in [0.3, 0.4) is 0 Å². The number of nitro groups is 1. The van der Waals surface area contributed by atoms with Gasteiger partial charge in [-0.25, -0.2) is 4.99 Å². The van der Waals surface area contributed by atoms with Gasteiger partial charge in [0.1, 0.15) is 17.4 Å². The average molecular weight is 313 g/mol. The molecule has 0 saturated heterocycles. The fourth-order valence-electron chi connectivity index (χ4n) is 2.17. The van der Waals surface area contributed by atoms with Gasteiger partial charge in [-0.05, 0) is 19.9 Å². The molecule has 2 heterocycles. The van der Waals surface area contributed by atoms with Gasteiger partial charge in [-0.2, -0.15) is 5.26 Å². The summed E-state index contributed by atoms with van der Waals surface area (Å²) in [7, 11) is 0. The molecule has 0 aliphatic carbocycles. The number of furan rings is 1. The molecule has 0 spiro atoms. The minimum Gasteiger partial charge on any atom is -0.454 e. The number of nitrogens with zero attached hydrogens (tertiary/aromatic N) is 3. The molecule has 0 N–H and O–H groups in total.